The maximum Gasteiger partial charge on any atom is 0.0540 e. The average molecular weight is 822 g/mol. The van der Waals surface area contributed by atoms with Gasteiger partial charge in [-0.25, -0.2) is 0 Å². The molecular weight excluding hydrogens is 771 g/mol. The normalized spacial score (nSPS) is 15.0. The molecule has 1 fully saturated rings. The summed E-state index contributed by atoms with van der Waals surface area (Å²) in [6, 6.07) is 79.5. The fourth-order valence-electron chi connectivity index (χ4n) is 11.9. The molecule has 1 heteroatoms. The molecule has 0 aromatic heterocycles. The molecule has 0 unspecified atom stereocenters. The minimum absolute atomic E-state index is 0.0553. The Hall–Kier alpha value is -7.22. The van der Waals surface area contributed by atoms with Crippen LogP contribution in [-0.4, -0.2) is 0 Å². The molecule has 9 aromatic carbocycles. The molecule has 0 saturated heterocycles. The van der Waals surface area contributed by atoms with E-state index in [-0.39, 0.29) is 10.8 Å². The van der Waals surface area contributed by atoms with E-state index < -0.39 is 0 Å². The minimum atomic E-state index is -0.108. The second-order valence-electron chi connectivity index (χ2n) is 18.7. The number of fused-ring (bicyclic) bond motifs is 8. The fraction of sp³-hybridized carbons (Fsp3) is 0.143. The maximum absolute atomic E-state index is 2.55. The van der Waals surface area contributed by atoms with Crippen LogP contribution in [0.1, 0.15) is 68.2 Å². The number of rotatable bonds is 7. The highest BCUT2D eigenvalue weighted by atomic mass is 15.1. The predicted octanol–water partition coefficient (Wildman–Crippen LogP) is 17.4. The van der Waals surface area contributed by atoms with Crippen LogP contribution in [0.3, 0.4) is 0 Å². The molecule has 9 aromatic rings. The van der Waals surface area contributed by atoms with Gasteiger partial charge in [0.25, 0.3) is 0 Å². The van der Waals surface area contributed by atoms with E-state index in [2.05, 4.69) is 231 Å². The van der Waals surface area contributed by atoms with Gasteiger partial charge >= 0.3 is 0 Å². The zero-order valence-corrected chi connectivity index (χ0v) is 36.7. The van der Waals surface area contributed by atoms with Crippen molar-refractivity contribution in [3.8, 4) is 66.8 Å². The van der Waals surface area contributed by atoms with Crippen LogP contribution in [0.15, 0.2) is 212 Å². The molecule has 308 valence electrons. The third-order valence-electron chi connectivity index (χ3n) is 14.9. The molecule has 1 nitrogen and oxygen atoms in total. The van der Waals surface area contributed by atoms with Crippen molar-refractivity contribution in [2.75, 3.05) is 4.90 Å². The van der Waals surface area contributed by atoms with Gasteiger partial charge in [-0.1, -0.05) is 215 Å². The summed E-state index contributed by atoms with van der Waals surface area (Å²) in [5.41, 5.74) is 24.7. The molecule has 1 spiro atoms. The second kappa shape index (κ2) is 15.2. The zero-order valence-electron chi connectivity index (χ0n) is 36.7. The molecule has 0 heterocycles. The van der Waals surface area contributed by atoms with Crippen LogP contribution in [0, 0.1) is 0 Å². The number of anilines is 3. The van der Waals surface area contributed by atoms with Gasteiger partial charge in [0.05, 0.1) is 5.69 Å². The van der Waals surface area contributed by atoms with Crippen LogP contribution in [0.5, 0.6) is 0 Å². The van der Waals surface area contributed by atoms with Crippen LogP contribution < -0.4 is 4.90 Å². The lowest BCUT2D eigenvalue weighted by molar-refractivity contribution is 0.353. The lowest BCUT2D eigenvalue weighted by atomic mass is 9.68. The summed E-state index contributed by atoms with van der Waals surface area (Å²) in [7, 11) is 0. The summed E-state index contributed by atoms with van der Waals surface area (Å²) in [4.78, 5) is 2.51. The Morgan fingerprint density at radius 1 is 0.328 bits per heavy atom. The number of hydrogen-bond donors (Lipinski definition) is 0. The van der Waals surface area contributed by atoms with Gasteiger partial charge < -0.3 is 4.90 Å². The Labute approximate surface area is 378 Å². The van der Waals surface area contributed by atoms with E-state index in [9.17, 15) is 0 Å². The lowest BCUT2D eigenvalue weighted by Crippen LogP contribution is -2.28. The van der Waals surface area contributed by atoms with Crippen molar-refractivity contribution >= 4 is 17.1 Å². The topological polar surface area (TPSA) is 3.24 Å². The van der Waals surface area contributed by atoms with Gasteiger partial charge in [-0.2, -0.15) is 0 Å². The molecular formula is C63H51N. The van der Waals surface area contributed by atoms with Crippen LogP contribution in [0.25, 0.3) is 66.8 Å². The molecule has 3 aliphatic rings. The zero-order chi connectivity index (χ0) is 42.8. The summed E-state index contributed by atoms with van der Waals surface area (Å²) >= 11 is 0. The van der Waals surface area contributed by atoms with E-state index >= 15 is 0 Å². The standard InChI is InChI=1S/C63H51N/c1-62(2)57-27-12-9-24-53(57)56-26-17-25-55(61(56)62)51-22-8-7-20-49(51)45-34-36-47(37-35-45)64(60-29-14-11-21-50(60)46-32-30-44(31-33-46)43-18-5-3-6-19-43)48-38-39-54-52-23-10-13-28-58(52)63(59(54)42-48)40-15-4-16-41-63/h3,5-14,17-39,42H,4,15-16,40-41H2,1-2H3. The fourth-order valence-corrected chi connectivity index (χ4v) is 11.9. The third-order valence-corrected chi connectivity index (χ3v) is 14.9. The molecule has 1 saturated carbocycles. The quantitative estimate of drug-likeness (QED) is 0.155. The highest BCUT2D eigenvalue weighted by molar-refractivity contribution is 5.95. The largest absolute Gasteiger partial charge is 0.310 e. The van der Waals surface area contributed by atoms with Crippen LogP contribution in [0.2, 0.25) is 0 Å². The first-order chi connectivity index (χ1) is 31.5. The number of para-hydroxylation sites is 1. The van der Waals surface area contributed by atoms with E-state index in [1.54, 1.807) is 0 Å². The van der Waals surface area contributed by atoms with Crippen molar-refractivity contribution in [3.63, 3.8) is 0 Å². The van der Waals surface area contributed by atoms with Crippen LogP contribution >= 0.6 is 0 Å². The first kappa shape index (κ1) is 38.5. The maximum atomic E-state index is 2.55. The first-order valence-corrected chi connectivity index (χ1v) is 23.2. The van der Waals surface area contributed by atoms with Crippen molar-refractivity contribution in [1.82, 2.24) is 0 Å². The Morgan fingerprint density at radius 3 is 1.55 bits per heavy atom. The predicted molar refractivity (Wildman–Crippen MR) is 270 cm³/mol. The van der Waals surface area contributed by atoms with Gasteiger partial charge in [0.2, 0.25) is 0 Å². The Morgan fingerprint density at radius 2 is 0.812 bits per heavy atom. The van der Waals surface area contributed by atoms with Gasteiger partial charge in [0.15, 0.2) is 0 Å². The third kappa shape index (κ3) is 6.05. The second-order valence-corrected chi connectivity index (χ2v) is 18.7. The summed E-state index contributed by atoms with van der Waals surface area (Å²) in [5.74, 6) is 0. The van der Waals surface area contributed by atoms with E-state index in [1.165, 1.54) is 127 Å². The average Bonchev–Trinajstić information content (AvgIpc) is 3.76. The molecule has 0 atom stereocenters. The van der Waals surface area contributed by atoms with E-state index in [0.717, 1.165) is 11.4 Å². The van der Waals surface area contributed by atoms with Gasteiger partial charge in [-0.05, 0) is 127 Å². The Kier molecular flexibility index (Phi) is 9.16. The molecule has 0 bridgehead atoms. The van der Waals surface area contributed by atoms with Crippen LogP contribution in [0.4, 0.5) is 17.1 Å². The van der Waals surface area contributed by atoms with Crippen molar-refractivity contribution in [1.29, 1.82) is 0 Å². The van der Waals surface area contributed by atoms with Crippen molar-refractivity contribution in [2.24, 2.45) is 0 Å². The highest BCUT2D eigenvalue weighted by Crippen LogP contribution is 2.57. The molecule has 0 aliphatic heterocycles. The molecule has 0 amide bonds. The first-order valence-electron chi connectivity index (χ1n) is 23.2. The van der Waals surface area contributed by atoms with Gasteiger partial charge in [-0.15, -0.1) is 0 Å². The van der Waals surface area contributed by atoms with Crippen molar-refractivity contribution in [3.05, 3.63) is 235 Å². The molecule has 0 radical (unpaired) electrons. The van der Waals surface area contributed by atoms with Crippen LogP contribution in [-0.2, 0) is 10.8 Å². The smallest absolute Gasteiger partial charge is 0.0540 e. The molecule has 64 heavy (non-hydrogen) atoms. The number of hydrogen-bond acceptors (Lipinski definition) is 1. The SMILES string of the molecule is CC1(C)c2ccccc2-c2cccc(-c3ccccc3-c3ccc(N(c4ccc5c(c4)C4(CCCCC4)c4ccccc4-5)c4ccccc4-c4ccc(-c5ccccc5)cc4)cc3)c21. The highest BCUT2D eigenvalue weighted by Gasteiger charge is 2.44. The van der Waals surface area contributed by atoms with E-state index in [0.29, 0.717) is 0 Å². The lowest BCUT2D eigenvalue weighted by Gasteiger charge is -2.37. The molecule has 12 rings (SSSR count). The van der Waals surface area contributed by atoms with Gasteiger partial charge in [0.1, 0.15) is 0 Å². The van der Waals surface area contributed by atoms with E-state index in [1.807, 2.05) is 0 Å². The number of benzene rings is 9. The Bertz CT molecular complexity index is 3200. The summed E-state index contributed by atoms with van der Waals surface area (Å²) in [6.07, 6.45) is 6.25. The summed E-state index contributed by atoms with van der Waals surface area (Å²) in [6.45, 7) is 4.77. The van der Waals surface area contributed by atoms with Gasteiger partial charge in [0, 0.05) is 27.8 Å². The molecule has 0 N–H and O–H groups in total. The van der Waals surface area contributed by atoms with E-state index in [4.69, 9.17) is 0 Å². The Balaban J connectivity index is 0.996. The van der Waals surface area contributed by atoms with Crippen molar-refractivity contribution in [2.45, 2.75) is 56.8 Å². The summed E-state index contributed by atoms with van der Waals surface area (Å²) in [5, 5.41) is 0. The van der Waals surface area contributed by atoms with Gasteiger partial charge in [-0.3, -0.25) is 0 Å². The monoisotopic (exact) mass is 821 g/mol. The number of nitrogens with zero attached hydrogens (tertiary/aromatic N) is 1. The van der Waals surface area contributed by atoms with Crippen molar-refractivity contribution < 1.29 is 0 Å². The minimum Gasteiger partial charge on any atom is -0.310 e. The summed E-state index contributed by atoms with van der Waals surface area (Å²) < 4.78 is 0. The molecule has 3 aliphatic carbocycles.